The van der Waals surface area contributed by atoms with Gasteiger partial charge in [0.25, 0.3) is 0 Å². The Bertz CT molecular complexity index is 6910. The number of halogens is 5. The molecule has 0 fully saturated rings. The van der Waals surface area contributed by atoms with Crippen molar-refractivity contribution in [3.05, 3.63) is 436 Å². The molecular formula is C117H101F3I2N4. The molecule has 0 amide bonds. The molecule has 0 N–H and O–H groups in total. The zero-order valence-corrected chi connectivity index (χ0v) is 77.0. The Balaban J connectivity index is 0.000000136. The molecule has 0 aromatic heterocycles. The maximum atomic E-state index is 12.9. The zero-order chi connectivity index (χ0) is 86.1. The van der Waals surface area contributed by atoms with Crippen LogP contribution in [0.15, 0.2) is 431 Å². The van der Waals surface area contributed by atoms with Crippen LogP contribution in [0.4, 0.5) is 35.9 Å². The van der Waals surface area contributed by atoms with E-state index in [1.165, 1.54) is 162 Å². The summed E-state index contributed by atoms with van der Waals surface area (Å²) in [7, 11) is 21.3. The molecule has 19 aromatic carbocycles. The molecule has 0 atom stereocenters. The highest BCUT2D eigenvalue weighted by molar-refractivity contribution is 6.03. The van der Waals surface area contributed by atoms with Crippen LogP contribution in [0, 0.1) is 0 Å². The van der Waals surface area contributed by atoms with Gasteiger partial charge in [-0.3, -0.25) is 8.97 Å². The third kappa shape index (κ3) is 21.0. The first-order valence-corrected chi connectivity index (χ1v) is 42.2. The number of hydrogen-bond donors (Lipinski definition) is 0. The molecule has 0 aliphatic heterocycles. The van der Waals surface area contributed by atoms with E-state index in [-0.39, 0.29) is 48.0 Å². The van der Waals surface area contributed by atoms with E-state index in [4.69, 9.17) is 0 Å². The average Bonchev–Trinajstić information content (AvgIpc) is 0.794. The van der Waals surface area contributed by atoms with Crippen LogP contribution < -0.4 is 66.7 Å². The number of nitrogens with zero attached hydrogens (tertiary/aromatic N) is 4. The monoisotopic (exact) mass is 1870 g/mol. The summed E-state index contributed by atoms with van der Waals surface area (Å²) in [6.07, 6.45) is -4.33. The number of rotatable bonds is 15. The number of benzene rings is 19. The van der Waals surface area contributed by atoms with Gasteiger partial charge in [-0.15, -0.1) is 0 Å². The van der Waals surface area contributed by atoms with Crippen LogP contribution in [0.5, 0.6) is 0 Å². The topological polar surface area (TPSA) is 6.48 Å². The second-order valence-electron chi connectivity index (χ2n) is 33.9. The summed E-state index contributed by atoms with van der Waals surface area (Å²) in [5, 5.41) is 9.71. The predicted molar refractivity (Wildman–Crippen MR) is 528 cm³/mol. The summed E-state index contributed by atoms with van der Waals surface area (Å²) >= 11 is 0. The standard InChI is InChI=1S/2C31H28N.C30H25N.C25H20F3N.2HI/c1-32(2,3)29-13-7-11-26(22-29)27-19-20-31-28(21-27)12-8-14-30(31)25-17-15-24(16-18-25)23-9-5-4-6-10-23;1-32(2,3)29-19-16-25(17-20-29)27-18-21-31-28(22-27)10-7-11-30(31)26-14-12-24(13-15-26)23-8-5-4-6-9-23;1-31(2)28-18-15-24(16-19-28)26-17-20-30-27(21-26)9-6-10-29(30)25-13-11-23(12-14-25)22-7-4-3-5-8-22;1-29(2)22-7-3-5-18(16-22)19-11-14-24-20(15-19)6-4-8-23(24)17-9-12-21(13-10-17)25(26,27)28;;/h2*4-22H,1-3H3;3-21H,1-2H3;3-16H,1-2H3;2*1H/q2*+1;;;;/p-2. The van der Waals surface area contributed by atoms with Crippen molar-refractivity contribution in [3.8, 4) is 122 Å². The van der Waals surface area contributed by atoms with Crippen molar-refractivity contribution in [2.75, 3.05) is 80.3 Å². The highest BCUT2D eigenvalue weighted by Gasteiger charge is 2.30. The SMILES string of the molecule is CN(C)c1ccc(-c2ccc3c(-c4ccc(-c5ccccc5)cc4)cccc3c2)cc1.CN(C)c1cccc(-c2ccc3c(-c4ccc(C(F)(F)F)cc4)cccc3c2)c1.C[N+](C)(C)c1ccc(-c2ccc3c(-c4ccc(-c5ccccc5)cc4)cccc3c2)cc1.C[N+](C)(C)c1cccc(-c2ccc3c(-c4ccc(-c5ccccc5)cc4)cccc3c2)c1.[I-].[I-]. The van der Waals surface area contributed by atoms with Crippen LogP contribution in [0.1, 0.15) is 5.56 Å². The lowest BCUT2D eigenvalue weighted by atomic mass is 9.94. The molecule has 624 valence electrons. The highest BCUT2D eigenvalue weighted by Crippen LogP contribution is 2.41. The summed E-state index contributed by atoms with van der Waals surface area (Å²) in [4.78, 5) is 4.19. The van der Waals surface area contributed by atoms with E-state index in [9.17, 15) is 13.2 Å². The van der Waals surface area contributed by atoms with E-state index in [2.05, 4.69) is 442 Å². The third-order valence-electron chi connectivity index (χ3n) is 23.3. The Hall–Kier alpha value is -13.0. The van der Waals surface area contributed by atoms with Gasteiger partial charge in [0.1, 0.15) is 11.4 Å². The van der Waals surface area contributed by atoms with Gasteiger partial charge in [0.2, 0.25) is 0 Å². The average molecular weight is 1870 g/mol. The summed E-state index contributed by atoms with van der Waals surface area (Å²) in [5.41, 5.74) is 30.8. The van der Waals surface area contributed by atoms with Gasteiger partial charge in [-0.1, -0.05) is 334 Å². The van der Waals surface area contributed by atoms with Crippen LogP contribution in [-0.4, -0.2) is 70.5 Å². The first-order valence-electron chi connectivity index (χ1n) is 42.2. The number of hydrogen-bond acceptors (Lipinski definition) is 2. The van der Waals surface area contributed by atoms with Gasteiger partial charge >= 0.3 is 6.18 Å². The van der Waals surface area contributed by atoms with Gasteiger partial charge in [-0.2, -0.15) is 13.2 Å². The van der Waals surface area contributed by atoms with Crippen molar-refractivity contribution < 1.29 is 61.1 Å². The van der Waals surface area contributed by atoms with E-state index < -0.39 is 11.7 Å². The molecule has 9 heteroatoms. The summed E-state index contributed by atoms with van der Waals surface area (Å²) in [5.74, 6) is 0. The second-order valence-corrected chi connectivity index (χ2v) is 33.9. The Morgan fingerprint density at radius 3 is 0.746 bits per heavy atom. The molecule has 0 saturated heterocycles. The smallest absolute Gasteiger partial charge is 0.416 e. The minimum absolute atomic E-state index is 0. The molecule has 0 radical (unpaired) electrons. The molecule has 4 nitrogen and oxygen atoms in total. The van der Waals surface area contributed by atoms with Crippen molar-refractivity contribution in [2.24, 2.45) is 0 Å². The number of fused-ring (bicyclic) bond motifs is 4. The lowest BCUT2D eigenvalue weighted by Gasteiger charge is -2.23. The van der Waals surface area contributed by atoms with Gasteiger partial charge in [0.05, 0.1) is 47.8 Å². The van der Waals surface area contributed by atoms with Gasteiger partial charge in [0.15, 0.2) is 0 Å². The van der Waals surface area contributed by atoms with Crippen LogP contribution in [0.25, 0.3) is 165 Å². The van der Waals surface area contributed by atoms with Gasteiger partial charge < -0.3 is 57.8 Å². The first-order chi connectivity index (χ1) is 60.0. The Morgan fingerprint density at radius 2 is 0.429 bits per heavy atom. The van der Waals surface area contributed by atoms with Crippen LogP contribution in [0.3, 0.4) is 0 Å². The van der Waals surface area contributed by atoms with E-state index >= 15 is 0 Å². The van der Waals surface area contributed by atoms with Gasteiger partial charge in [-0.05, 0) is 256 Å². The van der Waals surface area contributed by atoms with Crippen molar-refractivity contribution in [1.82, 2.24) is 8.97 Å². The Kier molecular flexibility index (Phi) is 28.0. The second kappa shape index (κ2) is 39.5. The van der Waals surface area contributed by atoms with Crippen molar-refractivity contribution >= 4 is 65.8 Å². The van der Waals surface area contributed by atoms with E-state index in [1.54, 1.807) is 0 Å². The maximum absolute atomic E-state index is 12.9. The number of alkyl halides is 3. The molecular weight excluding hydrogens is 1770 g/mol. The molecule has 0 spiro atoms. The minimum Gasteiger partial charge on any atom is -1.00 e. The third-order valence-corrected chi connectivity index (χ3v) is 23.3. The lowest BCUT2D eigenvalue weighted by molar-refractivity contribution is -0.137. The number of quaternary nitrogens is 2. The molecule has 19 rings (SSSR count). The zero-order valence-electron chi connectivity index (χ0n) is 72.7. The highest BCUT2D eigenvalue weighted by atomic mass is 127. The summed E-state index contributed by atoms with van der Waals surface area (Å²) < 4.78 is 40.2. The minimum atomic E-state index is -4.33. The fourth-order valence-corrected chi connectivity index (χ4v) is 16.2. The fraction of sp³-hybridized carbons (Fsp3) is 0.0940. The largest absolute Gasteiger partial charge is 1.00 e. The Labute approximate surface area is 774 Å². The molecule has 0 unspecified atom stereocenters. The summed E-state index contributed by atoms with van der Waals surface area (Å²) in [6.45, 7) is 0. The molecule has 19 aromatic rings. The molecule has 126 heavy (non-hydrogen) atoms. The van der Waals surface area contributed by atoms with Gasteiger partial charge in [-0.25, -0.2) is 0 Å². The van der Waals surface area contributed by atoms with Crippen LogP contribution >= 0.6 is 0 Å². The maximum Gasteiger partial charge on any atom is 0.416 e. The van der Waals surface area contributed by atoms with Crippen LogP contribution in [0.2, 0.25) is 0 Å². The lowest BCUT2D eigenvalue weighted by Crippen LogP contribution is -3.00. The molecule has 0 heterocycles. The molecule has 0 aliphatic carbocycles. The predicted octanol–water partition coefficient (Wildman–Crippen LogP) is 25.2. The molecule has 0 bridgehead atoms. The van der Waals surface area contributed by atoms with Gasteiger partial charge in [0, 0.05) is 45.6 Å². The van der Waals surface area contributed by atoms with Crippen molar-refractivity contribution in [2.45, 2.75) is 6.18 Å². The Morgan fingerprint density at radius 1 is 0.190 bits per heavy atom. The first kappa shape index (κ1) is 89.3. The van der Waals surface area contributed by atoms with Crippen LogP contribution in [-0.2, 0) is 6.18 Å². The fourth-order valence-electron chi connectivity index (χ4n) is 16.2. The van der Waals surface area contributed by atoms with Crippen molar-refractivity contribution in [3.63, 3.8) is 0 Å². The van der Waals surface area contributed by atoms with E-state index in [0.29, 0.717) is 0 Å². The molecule has 0 saturated carbocycles. The quantitative estimate of drug-likeness (QED) is 0.0746. The number of anilines is 2. The molecule has 0 aliphatic rings. The summed E-state index contributed by atoms with van der Waals surface area (Å²) in [6, 6.07) is 151. The normalized spacial score (nSPS) is 11.2. The van der Waals surface area contributed by atoms with E-state index in [0.717, 1.165) is 59.8 Å². The van der Waals surface area contributed by atoms with Crippen molar-refractivity contribution in [1.29, 1.82) is 0 Å². The van der Waals surface area contributed by atoms with E-state index in [1.807, 2.05) is 44.4 Å².